The summed E-state index contributed by atoms with van der Waals surface area (Å²) in [6, 6.07) is 4.08. The Morgan fingerprint density at radius 3 is 2.85 bits per heavy atom. The van der Waals surface area contributed by atoms with Crippen LogP contribution in [0, 0.1) is 17.2 Å². The van der Waals surface area contributed by atoms with E-state index in [0.717, 1.165) is 42.9 Å². The second-order valence-electron chi connectivity index (χ2n) is 8.81. The number of hydrogen-bond donors (Lipinski definition) is 0. The highest BCUT2D eigenvalue weighted by molar-refractivity contribution is 5.88. The zero-order valence-electron chi connectivity index (χ0n) is 16.4. The fourth-order valence-corrected chi connectivity index (χ4v) is 4.64. The van der Waals surface area contributed by atoms with E-state index in [-0.39, 0.29) is 23.4 Å². The first-order valence-electron chi connectivity index (χ1n) is 9.53. The molecule has 27 heavy (non-hydrogen) atoms. The summed E-state index contributed by atoms with van der Waals surface area (Å²) in [5.74, 6) is 1.32. The molecule has 2 aromatic rings. The Hall–Kier alpha value is -2.62. The van der Waals surface area contributed by atoms with Gasteiger partial charge < -0.3 is 14.4 Å². The van der Waals surface area contributed by atoms with Crippen LogP contribution in [0.4, 0.5) is 5.82 Å². The topological polar surface area (TPSA) is 78.1 Å². The van der Waals surface area contributed by atoms with E-state index < -0.39 is 0 Å². The summed E-state index contributed by atoms with van der Waals surface area (Å²) < 4.78 is 2.17. The molecule has 7 nitrogen and oxygen atoms in total. The molecule has 2 fully saturated rings. The highest BCUT2D eigenvalue weighted by Gasteiger charge is 2.56. The van der Waals surface area contributed by atoms with Crippen molar-refractivity contribution in [3.8, 4) is 6.07 Å². The smallest absolute Gasteiger partial charge is 0.237 e. The lowest BCUT2D eigenvalue weighted by Crippen LogP contribution is -2.69. The molecular weight excluding hydrogens is 340 g/mol. The molecule has 1 amide bonds. The van der Waals surface area contributed by atoms with Crippen LogP contribution in [0.2, 0.25) is 0 Å². The van der Waals surface area contributed by atoms with Gasteiger partial charge in [0.15, 0.2) is 0 Å². The van der Waals surface area contributed by atoms with Gasteiger partial charge in [0.2, 0.25) is 5.91 Å². The van der Waals surface area contributed by atoms with Gasteiger partial charge in [0.1, 0.15) is 24.2 Å². The van der Waals surface area contributed by atoms with E-state index in [1.807, 2.05) is 11.0 Å². The minimum Gasteiger partial charge on any atom is -0.353 e. The van der Waals surface area contributed by atoms with Crippen molar-refractivity contribution >= 4 is 22.8 Å². The van der Waals surface area contributed by atoms with Crippen LogP contribution in [-0.2, 0) is 10.3 Å². The van der Waals surface area contributed by atoms with Crippen LogP contribution in [0.5, 0.6) is 0 Å². The lowest BCUT2D eigenvalue weighted by Gasteiger charge is -2.55. The second kappa shape index (κ2) is 5.95. The number of hydrogen-bond acceptors (Lipinski definition) is 5. The molecule has 2 atom stereocenters. The molecule has 2 saturated heterocycles. The van der Waals surface area contributed by atoms with E-state index in [1.165, 1.54) is 0 Å². The Bertz CT molecular complexity index is 936. The van der Waals surface area contributed by atoms with Gasteiger partial charge >= 0.3 is 0 Å². The lowest BCUT2D eigenvalue weighted by atomic mass is 9.74. The predicted octanol–water partition coefficient (Wildman–Crippen LogP) is 2.53. The van der Waals surface area contributed by atoms with Gasteiger partial charge in [-0.25, -0.2) is 9.97 Å². The standard InChI is InChI=1S/C20H26N6O/c1-14-11-26(16(27)5-8-21)20(14)7-10-24(12-20)17-15-6-9-25(19(2,3)4)18(15)23-13-22-17/h6,9,13-14H,5,7,10-12H2,1-4H3/t14-,20-/m0/s1. The summed E-state index contributed by atoms with van der Waals surface area (Å²) >= 11 is 0. The summed E-state index contributed by atoms with van der Waals surface area (Å²) in [7, 11) is 0. The first kappa shape index (κ1) is 17.8. The van der Waals surface area contributed by atoms with Crippen molar-refractivity contribution in [3.63, 3.8) is 0 Å². The van der Waals surface area contributed by atoms with Gasteiger partial charge in [-0.05, 0) is 39.2 Å². The molecule has 1 spiro atoms. The Morgan fingerprint density at radius 2 is 2.19 bits per heavy atom. The van der Waals surface area contributed by atoms with Crippen molar-refractivity contribution in [3.05, 3.63) is 18.6 Å². The van der Waals surface area contributed by atoms with Crippen molar-refractivity contribution in [2.75, 3.05) is 24.5 Å². The van der Waals surface area contributed by atoms with Crippen molar-refractivity contribution in [1.82, 2.24) is 19.4 Å². The van der Waals surface area contributed by atoms with Gasteiger partial charge in [-0.15, -0.1) is 0 Å². The van der Waals surface area contributed by atoms with E-state index in [0.29, 0.717) is 5.92 Å². The van der Waals surface area contributed by atoms with Gasteiger partial charge in [-0.2, -0.15) is 5.26 Å². The number of nitrogens with zero attached hydrogens (tertiary/aromatic N) is 6. The van der Waals surface area contributed by atoms with Gasteiger partial charge in [-0.3, -0.25) is 4.79 Å². The van der Waals surface area contributed by atoms with E-state index in [4.69, 9.17) is 5.26 Å². The highest BCUT2D eigenvalue weighted by Crippen LogP contribution is 2.45. The first-order chi connectivity index (χ1) is 12.8. The Kier molecular flexibility index (Phi) is 3.91. The van der Waals surface area contributed by atoms with Crippen molar-refractivity contribution in [2.24, 2.45) is 5.92 Å². The number of carbonyl (C=O) groups is 1. The third kappa shape index (κ3) is 2.58. The maximum Gasteiger partial charge on any atom is 0.237 e. The first-order valence-corrected chi connectivity index (χ1v) is 9.53. The molecule has 0 bridgehead atoms. The average molecular weight is 366 g/mol. The molecule has 0 saturated carbocycles. The number of rotatable bonds is 2. The molecule has 0 radical (unpaired) electrons. The fraction of sp³-hybridized carbons (Fsp3) is 0.600. The zero-order chi connectivity index (χ0) is 19.4. The summed E-state index contributed by atoms with van der Waals surface area (Å²) in [6.45, 7) is 11.0. The average Bonchev–Trinajstić information content (AvgIpc) is 3.25. The van der Waals surface area contributed by atoms with E-state index in [2.05, 4.69) is 59.4 Å². The summed E-state index contributed by atoms with van der Waals surface area (Å²) in [6.07, 6.45) is 4.58. The SMILES string of the molecule is C[C@H]1CN(C(=O)CC#N)[C@]12CCN(c1ncnc3c1ccn3C(C)(C)C)C2. The van der Waals surface area contributed by atoms with Gasteiger partial charge in [0.25, 0.3) is 0 Å². The van der Waals surface area contributed by atoms with Crippen LogP contribution < -0.4 is 4.90 Å². The maximum absolute atomic E-state index is 12.4. The van der Waals surface area contributed by atoms with Crippen LogP contribution in [0.15, 0.2) is 18.6 Å². The van der Waals surface area contributed by atoms with Gasteiger partial charge in [0.05, 0.1) is 17.0 Å². The quantitative estimate of drug-likeness (QED) is 0.816. The van der Waals surface area contributed by atoms with Crippen LogP contribution in [-0.4, -0.2) is 50.5 Å². The fourth-order valence-electron chi connectivity index (χ4n) is 4.64. The van der Waals surface area contributed by atoms with Gasteiger partial charge in [0, 0.05) is 31.4 Å². The molecule has 2 aliphatic rings. The van der Waals surface area contributed by atoms with Crippen LogP contribution >= 0.6 is 0 Å². The molecule has 0 unspecified atom stereocenters. The minimum absolute atomic E-state index is 0.0410. The molecule has 142 valence electrons. The maximum atomic E-state index is 12.4. The number of anilines is 1. The van der Waals surface area contributed by atoms with Crippen LogP contribution in [0.25, 0.3) is 11.0 Å². The van der Waals surface area contributed by atoms with Crippen molar-refractivity contribution < 1.29 is 4.79 Å². The zero-order valence-corrected chi connectivity index (χ0v) is 16.4. The summed E-state index contributed by atoms with van der Waals surface area (Å²) in [5, 5.41) is 9.94. The van der Waals surface area contributed by atoms with E-state index >= 15 is 0 Å². The monoisotopic (exact) mass is 366 g/mol. The Balaban J connectivity index is 1.66. The highest BCUT2D eigenvalue weighted by atomic mass is 16.2. The van der Waals surface area contributed by atoms with Gasteiger partial charge in [-0.1, -0.05) is 6.92 Å². The molecule has 7 heteroatoms. The molecule has 0 aliphatic carbocycles. The molecule has 2 aromatic heterocycles. The van der Waals surface area contributed by atoms with Crippen molar-refractivity contribution in [2.45, 2.75) is 51.6 Å². The van der Waals surface area contributed by atoms with Crippen molar-refractivity contribution in [1.29, 1.82) is 5.26 Å². The number of aromatic nitrogens is 3. The van der Waals surface area contributed by atoms with Crippen LogP contribution in [0.1, 0.15) is 40.5 Å². The van der Waals surface area contributed by atoms with E-state index in [9.17, 15) is 4.79 Å². The molecule has 4 rings (SSSR count). The molecule has 0 N–H and O–H groups in total. The minimum atomic E-state index is -0.169. The molecule has 0 aromatic carbocycles. The second-order valence-corrected chi connectivity index (χ2v) is 8.81. The van der Waals surface area contributed by atoms with Crippen LogP contribution in [0.3, 0.4) is 0 Å². The lowest BCUT2D eigenvalue weighted by molar-refractivity contribution is -0.152. The molecular formula is C20H26N6O. The number of amides is 1. The number of likely N-dealkylation sites (tertiary alicyclic amines) is 1. The number of nitriles is 1. The third-order valence-corrected chi connectivity index (χ3v) is 6.20. The molecule has 2 aliphatic heterocycles. The summed E-state index contributed by atoms with van der Waals surface area (Å²) in [5.41, 5.74) is 0.716. The number of carbonyl (C=O) groups excluding carboxylic acids is 1. The summed E-state index contributed by atoms with van der Waals surface area (Å²) in [4.78, 5) is 25.7. The normalized spacial score (nSPS) is 25.1. The Morgan fingerprint density at radius 1 is 1.41 bits per heavy atom. The largest absolute Gasteiger partial charge is 0.353 e. The predicted molar refractivity (Wildman–Crippen MR) is 103 cm³/mol. The number of fused-ring (bicyclic) bond motifs is 1. The van der Waals surface area contributed by atoms with E-state index in [1.54, 1.807) is 6.33 Å². The molecule has 4 heterocycles. The third-order valence-electron chi connectivity index (χ3n) is 6.20. The Labute approximate surface area is 159 Å².